The van der Waals surface area contributed by atoms with E-state index in [4.69, 9.17) is 5.73 Å². The van der Waals surface area contributed by atoms with Crippen molar-refractivity contribution in [2.24, 2.45) is 5.73 Å². The molecule has 16 heavy (non-hydrogen) atoms. The molecule has 0 aliphatic rings. The maximum atomic E-state index is 12.8. The molecule has 0 amide bonds. The summed E-state index contributed by atoms with van der Waals surface area (Å²) in [5, 5.41) is 9.37. The first-order valence-electron chi connectivity index (χ1n) is 4.55. The van der Waals surface area contributed by atoms with Gasteiger partial charge in [-0.3, -0.25) is 0 Å². The van der Waals surface area contributed by atoms with Crippen LogP contribution in [-0.2, 0) is 0 Å². The smallest absolute Gasteiger partial charge is 0.194 e. The summed E-state index contributed by atoms with van der Waals surface area (Å²) < 4.78 is 38.2. The number of benzene rings is 1. The van der Waals surface area contributed by atoms with Gasteiger partial charge < -0.3 is 10.8 Å². The van der Waals surface area contributed by atoms with Crippen molar-refractivity contribution in [3.8, 4) is 0 Å². The van der Waals surface area contributed by atoms with Gasteiger partial charge in [0.25, 0.3) is 0 Å². The predicted molar refractivity (Wildman–Crippen MR) is 56.8 cm³/mol. The van der Waals surface area contributed by atoms with Crippen LogP contribution < -0.4 is 5.73 Å². The van der Waals surface area contributed by atoms with Crippen LogP contribution in [0.3, 0.4) is 0 Å². The Bertz CT molecular complexity index is 339. The zero-order chi connectivity index (χ0) is 11.6. The van der Waals surface area contributed by atoms with Crippen LogP contribution in [0.5, 0.6) is 0 Å². The molecule has 2 atom stereocenters. The predicted octanol–water partition coefficient (Wildman–Crippen LogP) is 2.30. The minimum absolute atomic E-state index is 0. The van der Waals surface area contributed by atoms with Crippen LogP contribution in [0, 0.1) is 17.5 Å². The molecule has 0 unspecified atom stereocenters. The van der Waals surface area contributed by atoms with E-state index in [0.717, 1.165) is 12.1 Å². The molecule has 0 aliphatic carbocycles. The average molecular weight is 256 g/mol. The minimum Gasteiger partial charge on any atom is -0.391 e. The first-order valence-corrected chi connectivity index (χ1v) is 4.55. The first kappa shape index (κ1) is 15.2. The lowest BCUT2D eigenvalue weighted by molar-refractivity contribution is 0.140. The van der Waals surface area contributed by atoms with Gasteiger partial charge in [0.2, 0.25) is 0 Å². The minimum atomic E-state index is -1.53. The standard InChI is InChI=1S/C10H12F3NO.ClH/c1-2-8(15)10(14)5-3-6(11)9(13)7(12)4-5;/h3-4,8,10,15H,2,14H2,1H3;1H/t8-,10+;/m1./s1. The lowest BCUT2D eigenvalue weighted by Gasteiger charge is -2.17. The summed E-state index contributed by atoms with van der Waals surface area (Å²) in [6.07, 6.45) is -0.559. The third-order valence-electron chi connectivity index (χ3n) is 2.22. The van der Waals surface area contributed by atoms with Crippen LogP contribution in [0.4, 0.5) is 13.2 Å². The molecule has 3 N–H and O–H groups in total. The fourth-order valence-corrected chi connectivity index (χ4v) is 1.24. The molecule has 1 aromatic rings. The number of aliphatic hydroxyl groups is 1. The second-order valence-electron chi connectivity index (χ2n) is 3.30. The molecule has 1 rings (SSSR count). The number of aliphatic hydroxyl groups excluding tert-OH is 1. The number of nitrogens with two attached hydrogens (primary N) is 1. The fourth-order valence-electron chi connectivity index (χ4n) is 1.24. The van der Waals surface area contributed by atoms with E-state index in [-0.39, 0.29) is 18.0 Å². The van der Waals surface area contributed by atoms with Crippen molar-refractivity contribution in [2.75, 3.05) is 0 Å². The quantitative estimate of drug-likeness (QED) is 0.814. The van der Waals surface area contributed by atoms with Crippen molar-refractivity contribution >= 4 is 12.4 Å². The Labute approximate surface area is 97.7 Å². The van der Waals surface area contributed by atoms with E-state index >= 15 is 0 Å². The largest absolute Gasteiger partial charge is 0.391 e. The second kappa shape index (κ2) is 6.08. The van der Waals surface area contributed by atoms with Crippen LogP contribution in [0.2, 0.25) is 0 Å². The number of hydrogen-bond acceptors (Lipinski definition) is 2. The van der Waals surface area contributed by atoms with Crippen molar-refractivity contribution in [3.05, 3.63) is 35.1 Å². The van der Waals surface area contributed by atoms with Crippen molar-refractivity contribution in [1.29, 1.82) is 0 Å². The van der Waals surface area contributed by atoms with E-state index in [2.05, 4.69) is 0 Å². The van der Waals surface area contributed by atoms with E-state index in [1.807, 2.05) is 0 Å². The van der Waals surface area contributed by atoms with Gasteiger partial charge in [0.15, 0.2) is 17.5 Å². The van der Waals surface area contributed by atoms with Crippen LogP contribution in [0.15, 0.2) is 12.1 Å². The zero-order valence-electron chi connectivity index (χ0n) is 8.58. The molecule has 0 aromatic heterocycles. The SMILES string of the molecule is CC[C@@H](O)[C@@H](N)c1cc(F)c(F)c(F)c1.Cl. The van der Waals surface area contributed by atoms with Crippen molar-refractivity contribution in [1.82, 2.24) is 0 Å². The summed E-state index contributed by atoms with van der Waals surface area (Å²) in [5.74, 6) is -4.13. The van der Waals surface area contributed by atoms with Crippen LogP contribution in [0.25, 0.3) is 0 Å². The molecule has 92 valence electrons. The fraction of sp³-hybridized carbons (Fsp3) is 0.400. The molecule has 2 nitrogen and oxygen atoms in total. The van der Waals surface area contributed by atoms with Gasteiger partial charge >= 0.3 is 0 Å². The molecule has 0 aliphatic heterocycles. The molecule has 0 spiro atoms. The van der Waals surface area contributed by atoms with Crippen molar-refractivity contribution < 1.29 is 18.3 Å². The van der Waals surface area contributed by atoms with Gasteiger partial charge in [-0.25, -0.2) is 13.2 Å². The van der Waals surface area contributed by atoms with E-state index in [9.17, 15) is 18.3 Å². The highest BCUT2D eigenvalue weighted by Crippen LogP contribution is 2.21. The molecule has 1 aromatic carbocycles. The third kappa shape index (κ3) is 3.10. The highest BCUT2D eigenvalue weighted by atomic mass is 35.5. The van der Waals surface area contributed by atoms with Crippen LogP contribution in [0.1, 0.15) is 24.9 Å². The Morgan fingerprint density at radius 1 is 1.25 bits per heavy atom. The summed E-state index contributed by atoms with van der Waals surface area (Å²) in [7, 11) is 0. The highest BCUT2D eigenvalue weighted by molar-refractivity contribution is 5.85. The molecule has 0 radical (unpaired) electrons. The summed E-state index contributed by atoms with van der Waals surface area (Å²) in [6.45, 7) is 1.68. The van der Waals surface area contributed by atoms with E-state index in [1.54, 1.807) is 6.92 Å². The summed E-state index contributed by atoms with van der Waals surface area (Å²) in [6, 6.07) is 0.670. The zero-order valence-corrected chi connectivity index (χ0v) is 9.40. The lowest BCUT2D eigenvalue weighted by atomic mass is 10.0. The Balaban J connectivity index is 0.00000225. The van der Waals surface area contributed by atoms with Gasteiger partial charge in [-0.1, -0.05) is 6.92 Å². The summed E-state index contributed by atoms with van der Waals surface area (Å²) in [4.78, 5) is 0. The summed E-state index contributed by atoms with van der Waals surface area (Å²) >= 11 is 0. The number of hydrogen-bond donors (Lipinski definition) is 2. The van der Waals surface area contributed by atoms with Crippen LogP contribution in [-0.4, -0.2) is 11.2 Å². The molecule has 0 heterocycles. The lowest BCUT2D eigenvalue weighted by Crippen LogP contribution is -2.25. The Morgan fingerprint density at radius 3 is 2.06 bits per heavy atom. The topological polar surface area (TPSA) is 46.2 Å². The first-order chi connectivity index (χ1) is 6.97. The molecule has 0 fully saturated rings. The Hall–Kier alpha value is -0.780. The third-order valence-corrected chi connectivity index (χ3v) is 2.22. The molecule has 6 heteroatoms. The molecule has 0 saturated heterocycles. The second-order valence-corrected chi connectivity index (χ2v) is 3.30. The van der Waals surface area contributed by atoms with Gasteiger partial charge in [-0.2, -0.15) is 0 Å². The highest BCUT2D eigenvalue weighted by Gasteiger charge is 2.19. The molecular weight excluding hydrogens is 243 g/mol. The average Bonchev–Trinajstić information content (AvgIpc) is 2.23. The maximum Gasteiger partial charge on any atom is 0.194 e. The van der Waals surface area contributed by atoms with E-state index < -0.39 is 29.6 Å². The van der Waals surface area contributed by atoms with Gasteiger partial charge in [0, 0.05) is 0 Å². The molecular formula is C10H13ClF3NO. The Morgan fingerprint density at radius 2 is 1.69 bits per heavy atom. The van der Waals surface area contributed by atoms with Gasteiger partial charge in [-0.05, 0) is 24.1 Å². The van der Waals surface area contributed by atoms with Gasteiger partial charge in [-0.15, -0.1) is 12.4 Å². The van der Waals surface area contributed by atoms with Crippen LogP contribution >= 0.6 is 12.4 Å². The monoisotopic (exact) mass is 255 g/mol. The van der Waals surface area contributed by atoms with Crippen molar-refractivity contribution in [2.45, 2.75) is 25.5 Å². The Kier molecular flexibility index (Phi) is 5.78. The molecule has 0 saturated carbocycles. The van der Waals surface area contributed by atoms with Crippen molar-refractivity contribution in [3.63, 3.8) is 0 Å². The number of rotatable bonds is 3. The molecule has 0 bridgehead atoms. The number of halogens is 4. The van der Waals surface area contributed by atoms with Gasteiger partial charge in [0.05, 0.1) is 12.1 Å². The van der Waals surface area contributed by atoms with Gasteiger partial charge in [0.1, 0.15) is 0 Å². The maximum absolute atomic E-state index is 12.8. The van der Waals surface area contributed by atoms with E-state index in [0.29, 0.717) is 6.42 Å². The normalized spacial score (nSPS) is 14.1. The van der Waals surface area contributed by atoms with E-state index in [1.165, 1.54) is 0 Å². The summed E-state index contributed by atoms with van der Waals surface area (Å²) in [5.41, 5.74) is 5.57.